The second-order valence-electron chi connectivity index (χ2n) is 10.4. The highest BCUT2D eigenvalue weighted by Gasteiger charge is 2.35. The molecule has 1 aromatic carbocycles. The third-order valence-corrected chi connectivity index (χ3v) is 9.84. The van der Waals surface area contributed by atoms with Crippen LogP contribution in [0.3, 0.4) is 0 Å². The fourth-order valence-corrected chi connectivity index (χ4v) is 7.96. The zero-order valence-corrected chi connectivity index (χ0v) is 24.7. The molecular weight excluding hydrogens is 539 g/mol. The minimum Gasteiger partial charge on any atom is -0.463 e. The monoisotopic (exact) mass is 571 g/mol. The van der Waals surface area contributed by atoms with Crippen molar-refractivity contribution in [2.45, 2.75) is 65.0 Å². The van der Waals surface area contributed by atoms with Crippen LogP contribution in [-0.2, 0) is 9.53 Å². The molecule has 1 atom stereocenters. The number of carbonyl (C=O) groups is 1. The van der Waals surface area contributed by atoms with Gasteiger partial charge in [0, 0.05) is 27.9 Å². The predicted octanol–water partition coefficient (Wildman–Crippen LogP) is 5.92. The summed E-state index contributed by atoms with van der Waals surface area (Å²) in [6.07, 6.45) is 8.27. The Morgan fingerprint density at radius 1 is 1.07 bits per heavy atom. The molecule has 1 saturated carbocycles. The number of hydrogen-bond acceptors (Lipinski definition) is 6. The zero-order chi connectivity index (χ0) is 27.8. The highest BCUT2D eigenvalue weighted by molar-refractivity contribution is 7.10. The molecule has 8 heteroatoms. The van der Waals surface area contributed by atoms with E-state index in [1.807, 2.05) is 53.9 Å². The number of hydrogen-bond donors (Lipinski definition) is 0. The van der Waals surface area contributed by atoms with Gasteiger partial charge in [0.2, 0.25) is 0 Å². The molecular formula is C32H33N3O3S2. The number of aromatic nitrogens is 2. The molecule has 40 heavy (non-hydrogen) atoms. The van der Waals surface area contributed by atoms with Gasteiger partial charge in [-0.1, -0.05) is 67.0 Å². The Bertz CT molecular complexity index is 1750. The fraction of sp³-hybridized carbons (Fsp3) is 0.344. The zero-order valence-electron chi connectivity index (χ0n) is 23.1. The van der Waals surface area contributed by atoms with E-state index in [-0.39, 0.29) is 12.2 Å². The van der Waals surface area contributed by atoms with Gasteiger partial charge in [-0.2, -0.15) is 0 Å². The largest absolute Gasteiger partial charge is 0.463 e. The molecule has 6 nitrogen and oxygen atoms in total. The summed E-state index contributed by atoms with van der Waals surface area (Å²) in [6, 6.07) is 15.7. The maximum absolute atomic E-state index is 14.1. The van der Waals surface area contributed by atoms with Crippen LogP contribution in [0.4, 0.5) is 0 Å². The molecule has 3 aromatic heterocycles. The van der Waals surface area contributed by atoms with E-state index in [0.29, 0.717) is 26.6 Å². The number of ether oxygens (including phenoxy) is 1. The molecule has 1 aliphatic carbocycles. The lowest BCUT2D eigenvalue weighted by Crippen LogP contribution is -2.39. The second kappa shape index (κ2) is 11.2. The summed E-state index contributed by atoms with van der Waals surface area (Å²) in [6.45, 7) is 6.35. The average molecular weight is 572 g/mol. The van der Waals surface area contributed by atoms with Gasteiger partial charge in [0.05, 0.1) is 22.4 Å². The van der Waals surface area contributed by atoms with Gasteiger partial charge in [-0.3, -0.25) is 9.36 Å². The van der Waals surface area contributed by atoms with Crippen molar-refractivity contribution < 1.29 is 9.53 Å². The first-order valence-corrected chi connectivity index (χ1v) is 15.7. The second-order valence-corrected chi connectivity index (χ2v) is 12.4. The molecule has 1 unspecified atom stereocenters. The summed E-state index contributed by atoms with van der Waals surface area (Å²) in [5.74, 6) is -0.450. The Morgan fingerprint density at radius 3 is 2.55 bits per heavy atom. The topological polar surface area (TPSA) is 65.6 Å². The lowest BCUT2D eigenvalue weighted by atomic mass is 9.95. The minimum absolute atomic E-state index is 0.140. The number of thiazole rings is 1. The SMILES string of the molecule is CCOC(=O)C1=C(c2ccccc2)N=c2sc(=Cc3cc(C)n(C4CCCCC4)c3C)c(=O)n2C1c1cccs1. The van der Waals surface area contributed by atoms with Gasteiger partial charge in [0.15, 0.2) is 4.80 Å². The molecule has 2 aliphatic rings. The summed E-state index contributed by atoms with van der Waals surface area (Å²) in [4.78, 5) is 34.0. The van der Waals surface area contributed by atoms with E-state index in [4.69, 9.17) is 9.73 Å². The number of benzene rings is 1. The number of thiophene rings is 1. The Balaban J connectivity index is 1.56. The molecule has 0 spiro atoms. The number of esters is 1. The summed E-state index contributed by atoms with van der Waals surface area (Å²) >= 11 is 2.90. The molecule has 0 radical (unpaired) electrons. The molecule has 1 fully saturated rings. The Hall–Kier alpha value is -3.49. The van der Waals surface area contributed by atoms with Gasteiger partial charge >= 0.3 is 5.97 Å². The summed E-state index contributed by atoms with van der Waals surface area (Å²) in [5, 5.41) is 1.97. The predicted molar refractivity (Wildman–Crippen MR) is 161 cm³/mol. The Kier molecular flexibility index (Phi) is 7.47. The van der Waals surface area contributed by atoms with E-state index in [0.717, 1.165) is 16.0 Å². The third kappa shape index (κ3) is 4.73. The Labute approximate surface area is 241 Å². The van der Waals surface area contributed by atoms with E-state index in [1.54, 1.807) is 11.5 Å². The molecule has 0 bridgehead atoms. The third-order valence-electron chi connectivity index (χ3n) is 7.94. The molecule has 0 amide bonds. The van der Waals surface area contributed by atoms with Crippen LogP contribution in [0.1, 0.15) is 78.5 Å². The van der Waals surface area contributed by atoms with Gasteiger partial charge < -0.3 is 9.30 Å². The van der Waals surface area contributed by atoms with Crippen molar-refractivity contribution in [2.24, 2.45) is 4.99 Å². The van der Waals surface area contributed by atoms with E-state index in [9.17, 15) is 9.59 Å². The summed E-state index contributed by atoms with van der Waals surface area (Å²) < 4.78 is 10.3. The highest BCUT2D eigenvalue weighted by atomic mass is 32.1. The average Bonchev–Trinajstić information content (AvgIpc) is 3.68. The highest BCUT2D eigenvalue weighted by Crippen LogP contribution is 2.37. The first-order chi connectivity index (χ1) is 19.5. The number of carbonyl (C=O) groups excluding carboxylic acids is 1. The first-order valence-electron chi connectivity index (χ1n) is 14.0. The van der Waals surface area contributed by atoms with Gasteiger partial charge in [-0.05, 0) is 62.8 Å². The van der Waals surface area contributed by atoms with E-state index in [2.05, 4.69) is 24.5 Å². The van der Waals surface area contributed by atoms with Gasteiger partial charge in [0.25, 0.3) is 5.56 Å². The smallest absolute Gasteiger partial charge is 0.338 e. The van der Waals surface area contributed by atoms with Crippen LogP contribution >= 0.6 is 22.7 Å². The van der Waals surface area contributed by atoms with Crippen molar-refractivity contribution in [1.82, 2.24) is 9.13 Å². The van der Waals surface area contributed by atoms with Crippen LogP contribution in [0.2, 0.25) is 0 Å². The summed E-state index contributed by atoms with van der Waals surface area (Å²) in [5.41, 5.74) is 5.12. The van der Waals surface area contributed by atoms with Crippen LogP contribution in [0.5, 0.6) is 0 Å². The van der Waals surface area contributed by atoms with Crippen LogP contribution < -0.4 is 14.9 Å². The Morgan fingerprint density at radius 2 is 1.85 bits per heavy atom. The molecule has 1 aliphatic heterocycles. The van der Waals surface area contributed by atoms with Crippen LogP contribution in [0, 0.1) is 13.8 Å². The number of fused-ring (bicyclic) bond motifs is 1. The first kappa shape index (κ1) is 26.7. The van der Waals surface area contributed by atoms with Gasteiger partial charge in [-0.25, -0.2) is 9.79 Å². The molecule has 0 saturated heterocycles. The lowest BCUT2D eigenvalue weighted by molar-refractivity contribution is -0.138. The number of aryl methyl sites for hydroxylation is 1. The van der Waals surface area contributed by atoms with E-state index < -0.39 is 12.0 Å². The maximum Gasteiger partial charge on any atom is 0.338 e. The van der Waals surface area contributed by atoms with E-state index >= 15 is 0 Å². The van der Waals surface area contributed by atoms with Crippen molar-refractivity contribution in [3.8, 4) is 0 Å². The van der Waals surface area contributed by atoms with Gasteiger partial charge in [-0.15, -0.1) is 11.3 Å². The number of nitrogens with zero attached hydrogens (tertiary/aromatic N) is 3. The fourth-order valence-electron chi connectivity index (χ4n) is 6.15. The minimum atomic E-state index is -0.609. The lowest BCUT2D eigenvalue weighted by Gasteiger charge is -2.26. The number of rotatable bonds is 6. The molecule has 4 heterocycles. The van der Waals surface area contributed by atoms with Crippen molar-refractivity contribution in [3.05, 3.63) is 107 Å². The van der Waals surface area contributed by atoms with Crippen LogP contribution in [0.15, 0.2) is 69.3 Å². The van der Waals surface area contributed by atoms with E-state index in [1.165, 1.54) is 66.2 Å². The quantitative estimate of drug-likeness (QED) is 0.270. The summed E-state index contributed by atoms with van der Waals surface area (Å²) in [7, 11) is 0. The molecule has 6 rings (SSSR count). The van der Waals surface area contributed by atoms with Crippen molar-refractivity contribution >= 4 is 40.4 Å². The standard InChI is InChI=1S/C32H33N3O3S2/c1-4-38-31(37)27-28(22-12-7-5-8-13-22)33-32-35(29(27)25-16-11-17-39-25)30(36)26(40-32)19-23-18-20(2)34(21(23)3)24-14-9-6-10-15-24/h5,7-8,11-13,16-19,24,29H,4,6,9-10,14-15H2,1-3H3. The normalized spacial score (nSPS) is 18.1. The van der Waals surface area contributed by atoms with Gasteiger partial charge in [0.1, 0.15) is 6.04 Å². The van der Waals surface area contributed by atoms with Crippen molar-refractivity contribution in [1.29, 1.82) is 0 Å². The molecule has 0 N–H and O–H groups in total. The van der Waals surface area contributed by atoms with Crippen LogP contribution in [0.25, 0.3) is 11.8 Å². The van der Waals surface area contributed by atoms with Crippen LogP contribution in [-0.4, -0.2) is 21.7 Å². The maximum atomic E-state index is 14.1. The molecule has 206 valence electrons. The van der Waals surface area contributed by atoms with Crippen molar-refractivity contribution in [2.75, 3.05) is 6.61 Å². The van der Waals surface area contributed by atoms with Crippen molar-refractivity contribution in [3.63, 3.8) is 0 Å². The molecule has 4 aromatic rings.